The zero-order valence-corrected chi connectivity index (χ0v) is 13.2. The van der Waals surface area contributed by atoms with Crippen molar-refractivity contribution in [2.24, 2.45) is 0 Å². The first-order chi connectivity index (χ1) is 9.01. The largest absolute Gasteiger partial charge is 0.309 e. The van der Waals surface area contributed by atoms with Gasteiger partial charge in [0.1, 0.15) is 5.82 Å². The molecule has 1 nitrogen and oxygen atoms in total. The van der Waals surface area contributed by atoms with Gasteiger partial charge < -0.3 is 5.32 Å². The predicted molar refractivity (Wildman–Crippen MR) is 81.5 cm³/mol. The van der Waals surface area contributed by atoms with E-state index in [0.717, 1.165) is 10.0 Å². The van der Waals surface area contributed by atoms with E-state index < -0.39 is 0 Å². The lowest BCUT2D eigenvalue weighted by molar-refractivity contribution is 0.576. The van der Waals surface area contributed by atoms with E-state index in [-0.39, 0.29) is 11.9 Å². The Kier molecular flexibility index (Phi) is 4.85. The van der Waals surface area contributed by atoms with Gasteiger partial charge in [-0.05, 0) is 42.9 Å². The fourth-order valence-electron chi connectivity index (χ4n) is 1.98. The van der Waals surface area contributed by atoms with E-state index in [9.17, 15) is 4.39 Å². The van der Waals surface area contributed by atoms with Gasteiger partial charge in [0, 0.05) is 20.1 Å². The van der Waals surface area contributed by atoms with Crippen LogP contribution in [0.1, 0.15) is 17.2 Å². The van der Waals surface area contributed by atoms with Crippen LogP contribution in [-0.2, 0) is 0 Å². The number of benzene rings is 2. The van der Waals surface area contributed by atoms with Crippen LogP contribution in [0, 0.1) is 5.82 Å². The van der Waals surface area contributed by atoms with Crippen LogP contribution in [0.15, 0.2) is 40.9 Å². The summed E-state index contributed by atoms with van der Waals surface area (Å²) in [4.78, 5) is 0. The number of nitrogens with one attached hydrogen (secondary N) is 1. The molecule has 0 spiro atoms. The van der Waals surface area contributed by atoms with Gasteiger partial charge in [-0.2, -0.15) is 0 Å². The number of hydrogen-bond acceptors (Lipinski definition) is 1. The Morgan fingerprint density at radius 1 is 1.11 bits per heavy atom. The highest BCUT2D eigenvalue weighted by atomic mass is 79.9. The molecule has 2 aromatic rings. The molecule has 19 heavy (non-hydrogen) atoms. The van der Waals surface area contributed by atoms with Crippen molar-refractivity contribution in [2.45, 2.75) is 6.04 Å². The average molecular weight is 363 g/mol. The quantitative estimate of drug-likeness (QED) is 0.790. The second-order valence-electron chi connectivity index (χ2n) is 4.09. The van der Waals surface area contributed by atoms with Gasteiger partial charge in [0.05, 0.1) is 6.04 Å². The van der Waals surface area contributed by atoms with Crippen LogP contribution >= 0.6 is 39.1 Å². The van der Waals surface area contributed by atoms with Crippen molar-refractivity contribution in [1.82, 2.24) is 5.32 Å². The summed E-state index contributed by atoms with van der Waals surface area (Å²) in [7, 11) is 1.77. The summed E-state index contributed by atoms with van der Waals surface area (Å²) in [6.07, 6.45) is 0. The maximum Gasteiger partial charge on any atom is 0.129 e. The molecule has 0 bridgehead atoms. The van der Waals surface area contributed by atoms with Crippen LogP contribution in [-0.4, -0.2) is 7.05 Å². The fraction of sp³-hybridized carbons (Fsp3) is 0.143. The molecule has 0 aliphatic carbocycles. The normalized spacial score (nSPS) is 12.5. The molecule has 0 saturated heterocycles. The second-order valence-corrected chi connectivity index (χ2v) is 5.88. The summed E-state index contributed by atoms with van der Waals surface area (Å²) >= 11 is 15.2. The van der Waals surface area contributed by atoms with Gasteiger partial charge in [0.15, 0.2) is 0 Å². The van der Waals surface area contributed by atoms with Gasteiger partial charge in [-0.25, -0.2) is 4.39 Å². The zero-order valence-electron chi connectivity index (χ0n) is 10.1. The molecule has 0 amide bonds. The first-order valence-electron chi connectivity index (χ1n) is 5.59. The molecular weight excluding hydrogens is 352 g/mol. The number of hydrogen-bond donors (Lipinski definition) is 1. The summed E-state index contributed by atoms with van der Waals surface area (Å²) < 4.78 is 14.9. The van der Waals surface area contributed by atoms with Crippen molar-refractivity contribution in [3.63, 3.8) is 0 Å². The van der Waals surface area contributed by atoms with E-state index in [0.29, 0.717) is 15.6 Å². The topological polar surface area (TPSA) is 12.0 Å². The highest BCUT2D eigenvalue weighted by Gasteiger charge is 2.17. The van der Waals surface area contributed by atoms with Crippen LogP contribution in [0.2, 0.25) is 10.0 Å². The third kappa shape index (κ3) is 3.48. The SMILES string of the molecule is CNC(c1cc(Cl)cc(Br)c1)c1ccc(Cl)cc1F. The van der Waals surface area contributed by atoms with Crippen molar-refractivity contribution in [3.8, 4) is 0 Å². The lowest BCUT2D eigenvalue weighted by Crippen LogP contribution is -2.19. The van der Waals surface area contributed by atoms with Crippen molar-refractivity contribution in [3.05, 3.63) is 67.9 Å². The Hall–Kier alpha value is -0.610. The van der Waals surface area contributed by atoms with E-state index in [1.165, 1.54) is 6.07 Å². The maximum absolute atomic E-state index is 14.0. The van der Waals surface area contributed by atoms with Crippen LogP contribution in [0.4, 0.5) is 4.39 Å². The van der Waals surface area contributed by atoms with Crippen LogP contribution in [0.25, 0.3) is 0 Å². The monoisotopic (exact) mass is 361 g/mol. The van der Waals surface area contributed by atoms with Crippen molar-refractivity contribution in [2.75, 3.05) is 7.05 Å². The highest BCUT2D eigenvalue weighted by molar-refractivity contribution is 9.10. The molecule has 0 saturated carbocycles. The Balaban J connectivity index is 2.49. The third-order valence-electron chi connectivity index (χ3n) is 2.78. The molecule has 1 atom stereocenters. The number of rotatable bonds is 3. The van der Waals surface area contributed by atoms with Crippen molar-refractivity contribution in [1.29, 1.82) is 0 Å². The van der Waals surface area contributed by atoms with Crippen molar-refractivity contribution < 1.29 is 4.39 Å². The van der Waals surface area contributed by atoms with E-state index >= 15 is 0 Å². The van der Waals surface area contributed by atoms with Gasteiger partial charge in [-0.3, -0.25) is 0 Å². The summed E-state index contributed by atoms with van der Waals surface area (Å²) in [5.41, 5.74) is 1.41. The fourth-order valence-corrected chi connectivity index (χ4v) is 3.02. The third-order valence-corrected chi connectivity index (χ3v) is 3.69. The molecule has 2 aromatic carbocycles. The molecule has 0 fully saturated rings. The van der Waals surface area contributed by atoms with Gasteiger partial charge in [-0.1, -0.05) is 45.2 Å². The van der Waals surface area contributed by atoms with Gasteiger partial charge in [0.2, 0.25) is 0 Å². The molecule has 0 aliphatic heterocycles. The lowest BCUT2D eigenvalue weighted by atomic mass is 9.98. The molecule has 5 heteroatoms. The van der Waals surface area contributed by atoms with Crippen LogP contribution < -0.4 is 5.32 Å². The average Bonchev–Trinajstić information content (AvgIpc) is 2.31. The number of halogens is 4. The van der Waals surface area contributed by atoms with Gasteiger partial charge in [-0.15, -0.1) is 0 Å². The minimum Gasteiger partial charge on any atom is -0.309 e. The first-order valence-corrected chi connectivity index (χ1v) is 7.14. The van der Waals surface area contributed by atoms with E-state index in [1.54, 1.807) is 25.2 Å². The Morgan fingerprint density at radius 2 is 1.84 bits per heavy atom. The summed E-state index contributed by atoms with van der Waals surface area (Å²) in [6.45, 7) is 0. The summed E-state index contributed by atoms with van der Waals surface area (Å²) in [5.74, 6) is -0.344. The highest BCUT2D eigenvalue weighted by Crippen LogP contribution is 2.30. The summed E-state index contributed by atoms with van der Waals surface area (Å²) in [6, 6.07) is 9.86. The van der Waals surface area contributed by atoms with E-state index in [4.69, 9.17) is 23.2 Å². The zero-order chi connectivity index (χ0) is 14.0. The van der Waals surface area contributed by atoms with Gasteiger partial charge in [0.25, 0.3) is 0 Å². The minimum absolute atomic E-state index is 0.285. The molecule has 0 radical (unpaired) electrons. The molecule has 0 heterocycles. The summed E-state index contributed by atoms with van der Waals surface area (Å²) in [5, 5.41) is 4.06. The molecule has 0 aromatic heterocycles. The molecule has 2 rings (SSSR count). The van der Waals surface area contributed by atoms with Crippen LogP contribution in [0.5, 0.6) is 0 Å². The minimum atomic E-state index is -0.344. The second kappa shape index (κ2) is 6.23. The smallest absolute Gasteiger partial charge is 0.129 e. The maximum atomic E-state index is 14.0. The molecule has 0 aliphatic rings. The molecule has 1 N–H and O–H groups in total. The first kappa shape index (κ1) is 14.8. The molecule has 1 unspecified atom stereocenters. The Bertz CT molecular complexity index is 584. The van der Waals surface area contributed by atoms with E-state index in [2.05, 4.69) is 21.2 Å². The van der Waals surface area contributed by atoms with E-state index in [1.807, 2.05) is 12.1 Å². The molecule has 100 valence electrons. The molecular formula is C14H11BrCl2FN. The van der Waals surface area contributed by atoms with Crippen LogP contribution in [0.3, 0.4) is 0 Å². The Labute approximate surface area is 129 Å². The Morgan fingerprint density at radius 3 is 2.42 bits per heavy atom. The standard InChI is InChI=1S/C14H11BrCl2FN/c1-19-14(8-4-9(15)6-11(17)5-8)12-3-2-10(16)7-13(12)18/h2-7,14,19H,1H3. The lowest BCUT2D eigenvalue weighted by Gasteiger charge is -2.18. The van der Waals surface area contributed by atoms with Crippen molar-refractivity contribution >= 4 is 39.1 Å². The van der Waals surface area contributed by atoms with Gasteiger partial charge >= 0.3 is 0 Å². The predicted octanol–water partition coefficient (Wildman–Crippen LogP) is 5.20.